The zero-order chi connectivity index (χ0) is 15.3. The summed E-state index contributed by atoms with van der Waals surface area (Å²) in [4.78, 5) is 13.3. The predicted octanol–water partition coefficient (Wildman–Crippen LogP) is 2.40. The van der Waals surface area contributed by atoms with Crippen molar-refractivity contribution in [1.82, 2.24) is 4.90 Å². The maximum absolute atomic E-state index is 12.6. The number of amides is 1. The van der Waals surface area contributed by atoms with E-state index in [0.717, 1.165) is 18.2 Å². The highest BCUT2D eigenvalue weighted by atomic mass is 19.4. The number of benzene rings is 1. The number of alkyl halides is 3. The van der Waals surface area contributed by atoms with E-state index in [0.29, 0.717) is 13.2 Å². The molecule has 0 fully saturated rings. The minimum atomic E-state index is -4.51. The molecule has 0 saturated carbocycles. The van der Waals surface area contributed by atoms with Gasteiger partial charge in [-0.05, 0) is 25.1 Å². The SMILES string of the molecule is CCOCCN(C)C(=O)c1cc(C(F)(F)F)ccc1N. The summed E-state index contributed by atoms with van der Waals surface area (Å²) in [6, 6.07) is 2.72. The second-order valence-corrected chi connectivity index (χ2v) is 4.22. The number of nitrogens with zero attached hydrogens (tertiary/aromatic N) is 1. The molecular weight excluding hydrogens is 273 g/mol. The number of hydrogen-bond acceptors (Lipinski definition) is 3. The van der Waals surface area contributed by atoms with Gasteiger partial charge in [-0.15, -0.1) is 0 Å². The number of carbonyl (C=O) groups is 1. The van der Waals surface area contributed by atoms with E-state index in [9.17, 15) is 18.0 Å². The first-order valence-electron chi connectivity index (χ1n) is 6.07. The Kier molecular flexibility index (Phi) is 5.38. The summed E-state index contributed by atoms with van der Waals surface area (Å²) in [7, 11) is 1.49. The Morgan fingerprint density at radius 1 is 1.40 bits per heavy atom. The van der Waals surface area contributed by atoms with E-state index in [-0.39, 0.29) is 17.8 Å². The van der Waals surface area contributed by atoms with E-state index < -0.39 is 17.6 Å². The van der Waals surface area contributed by atoms with Crippen LogP contribution in [0.5, 0.6) is 0 Å². The van der Waals surface area contributed by atoms with E-state index in [2.05, 4.69) is 0 Å². The van der Waals surface area contributed by atoms with E-state index in [4.69, 9.17) is 10.5 Å². The largest absolute Gasteiger partial charge is 0.416 e. The molecule has 1 aromatic rings. The van der Waals surface area contributed by atoms with Crippen LogP contribution in [-0.4, -0.2) is 37.6 Å². The van der Waals surface area contributed by atoms with Crippen molar-refractivity contribution in [2.45, 2.75) is 13.1 Å². The Hall–Kier alpha value is -1.76. The average molecular weight is 290 g/mol. The van der Waals surface area contributed by atoms with Crippen LogP contribution in [0.3, 0.4) is 0 Å². The van der Waals surface area contributed by atoms with E-state index in [1.807, 2.05) is 6.92 Å². The van der Waals surface area contributed by atoms with Crippen LogP contribution in [0.4, 0.5) is 18.9 Å². The number of ether oxygens (including phenoxy) is 1. The molecular formula is C13H17F3N2O2. The molecule has 0 unspecified atom stereocenters. The second-order valence-electron chi connectivity index (χ2n) is 4.22. The molecule has 0 atom stereocenters. The molecule has 0 aromatic heterocycles. The number of anilines is 1. The smallest absolute Gasteiger partial charge is 0.398 e. The molecule has 0 spiro atoms. The molecule has 2 N–H and O–H groups in total. The molecule has 20 heavy (non-hydrogen) atoms. The fourth-order valence-corrected chi connectivity index (χ4v) is 1.57. The molecule has 7 heteroatoms. The van der Waals surface area contributed by atoms with Gasteiger partial charge in [-0.25, -0.2) is 0 Å². The van der Waals surface area contributed by atoms with Gasteiger partial charge in [0, 0.05) is 25.9 Å². The van der Waals surface area contributed by atoms with Crippen molar-refractivity contribution < 1.29 is 22.7 Å². The number of nitrogen functional groups attached to an aromatic ring is 1. The predicted molar refractivity (Wildman–Crippen MR) is 69.3 cm³/mol. The first-order valence-corrected chi connectivity index (χ1v) is 6.07. The number of rotatable bonds is 5. The fourth-order valence-electron chi connectivity index (χ4n) is 1.57. The number of carbonyl (C=O) groups excluding carboxylic acids is 1. The van der Waals surface area contributed by atoms with Crippen LogP contribution in [0.15, 0.2) is 18.2 Å². The third-order valence-corrected chi connectivity index (χ3v) is 2.73. The van der Waals surface area contributed by atoms with Gasteiger partial charge in [0.15, 0.2) is 0 Å². The van der Waals surface area contributed by atoms with Crippen molar-refractivity contribution in [2.75, 3.05) is 32.5 Å². The van der Waals surface area contributed by atoms with Crippen LogP contribution in [0.2, 0.25) is 0 Å². The highest BCUT2D eigenvalue weighted by Gasteiger charge is 2.31. The standard InChI is InChI=1S/C13H17F3N2O2/c1-3-20-7-6-18(2)12(19)10-8-9(13(14,15)16)4-5-11(10)17/h4-5,8H,3,6-7,17H2,1-2H3. The highest BCUT2D eigenvalue weighted by molar-refractivity contribution is 5.99. The van der Waals surface area contributed by atoms with Gasteiger partial charge in [0.25, 0.3) is 5.91 Å². The zero-order valence-corrected chi connectivity index (χ0v) is 11.3. The van der Waals surface area contributed by atoms with Crippen molar-refractivity contribution in [2.24, 2.45) is 0 Å². The Balaban J connectivity index is 2.92. The van der Waals surface area contributed by atoms with Crippen LogP contribution < -0.4 is 5.73 Å². The molecule has 0 radical (unpaired) electrons. The van der Waals surface area contributed by atoms with Gasteiger partial charge < -0.3 is 15.4 Å². The van der Waals surface area contributed by atoms with Crippen molar-refractivity contribution >= 4 is 11.6 Å². The van der Waals surface area contributed by atoms with Crippen molar-refractivity contribution in [3.05, 3.63) is 29.3 Å². The summed E-state index contributed by atoms with van der Waals surface area (Å²) < 4.78 is 43.0. The molecule has 1 rings (SSSR count). The minimum Gasteiger partial charge on any atom is -0.398 e. The number of likely N-dealkylation sites (N-methyl/N-ethyl adjacent to an activating group) is 1. The molecule has 0 aliphatic carbocycles. The van der Waals surface area contributed by atoms with Crippen LogP contribution in [0.1, 0.15) is 22.8 Å². The maximum Gasteiger partial charge on any atom is 0.416 e. The van der Waals surface area contributed by atoms with E-state index in [1.54, 1.807) is 0 Å². The normalized spacial score (nSPS) is 11.4. The van der Waals surface area contributed by atoms with Crippen LogP contribution in [-0.2, 0) is 10.9 Å². The van der Waals surface area contributed by atoms with Crippen molar-refractivity contribution in [1.29, 1.82) is 0 Å². The van der Waals surface area contributed by atoms with Gasteiger partial charge in [-0.3, -0.25) is 4.79 Å². The van der Waals surface area contributed by atoms with Gasteiger partial charge in [0.05, 0.1) is 17.7 Å². The lowest BCUT2D eigenvalue weighted by molar-refractivity contribution is -0.137. The topological polar surface area (TPSA) is 55.6 Å². The first-order chi connectivity index (χ1) is 9.27. The quantitative estimate of drug-likeness (QED) is 0.669. The lowest BCUT2D eigenvalue weighted by atomic mass is 10.1. The second kappa shape index (κ2) is 6.60. The van der Waals surface area contributed by atoms with Gasteiger partial charge in [0.2, 0.25) is 0 Å². The summed E-state index contributed by atoms with van der Waals surface area (Å²) >= 11 is 0. The Labute approximate surface area is 115 Å². The molecule has 0 saturated heterocycles. The summed E-state index contributed by atoms with van der Waals surface area (Å²) in [6.45, 7) is 2.92. The highest BCUT2D eigenvalue weighted by Crippen LogP contribution is 2.31. The molecule has 0 aliphatic heterocycles. The van der Waals surface area contributed by atoms with Gasteiger partial charge >= 0.3 is 6.18 Å². The minimum absolute atomic E-state index is 0.0197. The Morgan fingerprint density at radius 2 is 2.05 bits per heavy atom. The number of halogens is 3. The van der Waals surface area contributed by atoms with Gasteiger partial charge in [-0.2, -0.15) is 13.2 Å². The number of nitrogens with two attached hydrogens (primary N) is 1. The maximum atomic E-state index is 12.6. The molecule has 1 amide bonds. The van der Waals surface area contributed by atoms with Crippen LogP contribution in [0, 0.1) is 0 Å². The summed E-state index contributed by atoms with van der Waals surface area (Å²) in [5, 5.41) is 0. The lowest BCUT2D eigenvalue weighted by Crippen LogP contribution is -2.31. The zero-order valence-electron chi connectivity index (χ0n) is 11.3. The van der Waals surface area contributed by atoms with E-state index >= 15 is 0 Å². The molecule has 0 heterocycles. The van der Waals surface area contributed by atoms with Gasteiger partial charge in [0.1, 0.15) is 0 Å². The van der Waals surface area contributed by atoms with E-state index in [1.165, 1.54) is 11.9 Å². The van der Waals surface area contributed by atoms with Crippen molar-refractivity contribution in [3.8, 4) is 0 Å². The molecule has 0 bridgehead atoms. The van der Waals surface area contributed by atoms with Crippen LogP contribution in [0.25, 0.3) is 0 Å². The van der Waals surface area contributed by atoms with Crippen LogP contribution >= 0.6 is 0 Å². The average Bonchev–Trinajstić information content (AvgIpc) is 2.37. The number of hydrogen-bond donors (Lipinski definition) is 1. The molecule has 1 aromatic carbocycles. The third-order valence-electron chi connectivity index (χ3n) is 2.73. The third kappa shape index (κ3) is 4.12. The van der Waals surface area contributed by atoms with Gasteiger partial charge in [-0.1, -0.05) is 0 Å². The van der Waals surface area contributed by atoms with Crippen molar-refractivity contribution in [3.63, 3.8) is 0 Å². The lowest BCUT2D eigenvalue weighted by Gasteiger charge is -2.19. The Morgan fingerprint density at radius 3 is 2.60 bits per heavy atom. The summed E-state index contributed by atoms with van der Waals surface area (Å²) in [6.07, 6.45) is -4.51. The summed E-state index contributed by atoms with van der Waals surface area (Å²) in [5.74, 6) is -0.562. The Bertz CT molecular complexity index is 475. The fraction of sp³-hybridized carbons (Fsp3) is 0.462. The summed E-state index contributed by atoms with van der Waals surface area (Å²) in [5.41, 5.74) is 4.55. The molecule has 112 valence electrons. The molecule has 0 aliphatic rings. The monoisotopic (exact) mass is 290 g/mol. The first kappa shape index (κ1) is 16.3. The molecule has 4 nitrogen and oxygen atoms in total.